The highest BCUT2D eigenvalue weighted by molar-refractivity contribution is 5.93. The quantitative estimate of drug-likeness (QED) is 0.583. The number of pyridine rings is 1. The van der Waals surface area contributed by atoms with Gasteiger partial charge in [-0.15, -0.1) is 0 Å². The Morgan fingerprint density at radius 2 is 2.04 bits per heavy atom. The van der Waals surface area contributed by atoms with Crippen molar-refractivity contribution in [3.8, 4) is 17.3 Å². The number of carbonyl (C=O) groups excluding carboxylic acids is 1. The Morgan fingerprint density at radius 1 is 1.23 bits per heavy atom. The van der Waals surface area contributed by atoms with E-state index in [0.717, 1.165) is 0 Å². The van der Waals surface area contributed by atoms with E-state index in [0.29, 0.717) is 22.8 Å². The first-order chi connectivity index (χ1) is 12.5. The first kappa shape index (κ1) is 17.2. The average Bonchev–Trinajstić information content (AvgIpc) is 3.10. The highest BCUT2D eigenvalue weighted by Crippen LogP contribution is 2.21. The van der Waals surface area contributed by atoms with Crippen molar-refractivity contribution in [1.82, 2.24) is 15.1 Å². The number of nitrogens with zero attached hydrogens (tertiary/aromatic N) is 3. The van der Waals surface area contributed by atoms with E-state index < -0.39 is 0 Å². The lowest BCUT2D eigenvalue weighted by Gasteiger charge is -2.09. The van der Waals surface area contributed by atoms with E-state index in [2.05, 4.69) is 27.0 Å². The zero-order valence-corrected chi connectivity index (χ0v) is 13.7. The third-order valence-electron chi connectivity index (χ3n) is 3.52. The maximum atomic E-state index is 12.1. The third-order valence-corrected chi connectivity index (χ3v) is 3.52. The number of rotatable bonds is 6. The summed E-state index contributed by atoms with van der Waals surface area (Å²) in [5, 5.41) is 25.3. The molecule has 0 unspecified atom stereocenters. The predicted molar refractivity (Wildman–Crippen MR) is 94.2 cm³/mol. The van der Waals surface area contributed by atoms with Crippen molar-refractivity contribution >= 4 is 17.4 Å². The second-order valence-corrected chi connectivity index (χ2v) is 5.45. The molecule has 0 fully saturated rings. The zero-order valence-electron chi connectivity index (χ0n) is 13.7. The molecule has 0 saturated carbocycles. The summed E-state index contributed by atoms with van der Waals surface area (Å²) in [6.07, 6.45) is 1.65. The Bertz CT molecular complexity index is 934. The predicted octanol–water partition coefficient (Wildman–Crippen LogP) is 2.94. The number of aliphatic hydroxyl groups excluding tert-OH is 1. The van der Waals surface area contributed by atoms with Crippen LogP contribution in [0, 0.1) is 0 Å². The van der Waals surface area contributed by atoms with Crippen LogP contribution >= 0.6 is 0 Å². The summed E-state index contributed by atoms with van der Waals surface area (Å²) in [6, 6.07) is 9.86. The van der Waals surface area contributed by atoms with E-state index in [1.54, 1.807) is 30.3 Å². The molecule has 1 amide bonds. The van der Waals surface area contributed by atoms with E-state index in [4.69, 9.17) is 4.52 Å². The number of para-hydroxylation sites is 1. The molecule has 0 atom stereocenters. The fraction of sp³-hybridized carbons (Fsp3) is 0.111. The summed E-state index contributed by atoms with van der Waals surface area (Å²) in [5.74, 6) is 0.234. The van der Waals surface area contributed by atoms with Crippen molar-refractivity contribution < 1.29 is 19.5 Å². The largest absolute Gasteiger partial charge is 0.508 e. The summed E-state index contributed by atoms with van der Waals surface area (Å²) < 4.78 is 5.11. The number of amides is 1. The minimum atomic E-state index is -0.263. The second kappa shape index (κ2) is 7.47. The lowest BCUT2D eigenvalue weighted by Crippen LogP contribution is -2.13. The fourth-order valence-electron chi connectivity index (χ4n) is 2.26. The highest BCUT2D eigenvalue weighted by atomic mass is 16.5. The number of carbonyl (C=O) groups is 1. The van der Waals surface area contributed by atoms with Crippen LogP contribution in [0.2, 0.25) is 0 Å². The molecule has 0 aliphatic rings. The van der Waals surface area contributed by atoms with Gasteiger partial charge < -0.3 is 20.1 Å². The highest BCUT2D eigenvalue weighted by Gasteiger charge is 2.13. The van der Waals surface area contributed by atoms with E-state index in [1.807, 2.05) is 0 Å². The van der Waals surface area contributed by atoms with E-state index >= 15 is 0 Å². The topological polar surface area (TPSA) is 121 Å². The van der Waals surface area contributed by atoms with Gasteiger partial charge >= 0.3 is 0 Å². The van der Waals surface area contributed by atoms with Gasteiger partial charge in [-0.1, -0.05) is 23.9 Å². The molecule has 8 nitrogen and oxygen atoms in total. The van der Waals surface area contributed by atoms with Crippen LogP contribution in [-0.2, 0) is 11.2 Å². The second-order valence-electron chi connectivity index (χ2n) is 5.45. The molecule has 0 aliphatic carbocycles. The van der Waals surface area contributed by atoms with Gasteiger partial charge in [-0.2, -0.15) is 4.98 Å². The number of aromatic hydroxyl groups is 1. The number of hydrogen-bond acceptors (Lipinski definition) is 7. The Kier molecular flexibility index (Phi) is 4.93. The monoisotopic (exact) mass is 352 g/mol. The zero-order chi connectivity index (χ0) is 18.5. The van der Waals surface area contributed by atoms with Gasteiger partial charge in [0.15, 0.2) is 0 Å². The molecule has 3 N–H and O–H groups in total. The first-order valence-corrected chi connectivity index (χ1v) is 7.78. The van der Waals surface area contributed by atoms with Crippen molar-refractivity contribution in [1.29, 1.82) is 0 Å². The van der Waals surface area contributed by atoms with Gasteiger partial charge in [-0.3, -0.25) is 4.79 Å². The van der Waals surface area contributed by atoms with Crippen LogP contribution in [0.3, 0.4) is 0 Å². The molecule has 132 valence electrons. The minimum Gasteiger partial charge on any atom is -0.508 e. The normalized spacial score (nSPS) is 10.5. The molecule has 2 aromatic heterocycles. The fourth-order valence-corrected chi connectivity index (χ4v) is 2.26. The van der Waals surface area contributed by atoms with E-state index in [1.165, 1.54) is 12.3 Å². The van der Waals surface area contributed by atoms with Crippen molar-refractivity contribution in [2.24, 2.45) is 0 Å². The minimum absolute atomic E-state index is 0.0416. The van der Waals surface area contributed by atoms with Crippen LogP contribution in [0.5, 0.6) is 5.75 Å². The maximum Gasteiger partial charge on any atom is 0.227 e. The number of anilines is 1. The molecule has 1 aromatic carbocycles. The summed E-state index contributed by atoms with van der Waals surface area (Å²) >= 11 is 0. The molecule has 0 radical (unpaired) electrons. The molecular formula is C18H16N4O4. The Labute approximate surface area is 148 Å². The van der Waals surface area contributed by atoms with Crippen molar-refractivity contribution in [2.45, 2.75) is 12.8 Å². The Morgan fingerprint density at radius 3 is 2.77 bits per heavy atom. The third kappa shape index (κ3) is 4.04. The van der Waals surface area contributed by atoms with Crippen LogP contribution in [-0.4, -0.2) is 31.2 Å². The van der Waals surface area contributed by atoms with Gasteiger partial charge in [0, 0.05) is 18.4 Å². The van der Waals surface area contributed by atoms with Crippen molar-refractivity contribution in [3.63, 3.8) is 0 Å². The molecule has 3 aromatic rings. The molecule has 8 heteroatoms. The maximum absolute atomic E-state index is 12.1. The average molecular weight is 352 g/mol. The number of aliphatic hydroxyl groups is 1. The number of nitrogens with one attached hydrogen (secondary N) is 1. The van der Waals surface area contributed by atoms with E-state index in [9.17, 15) is 15.0 Å². The smallest absolute Gasteiger partial charge is 0.227 e. The lowest BCUT2D eigenvalue weighted by atomic mass is 10.1. The number of aryl methyl sites for hydroxylation is 1. The Hall–Kier alpha value is -3.68. The summed E-state index contributed by atoms with van der Waals surface area (Å²) in [5.41, 5.74) is 1.39. The molecule has 2 heterocycles. The van der Waals surface area contributed by atoms with Gasteiger partial charge in [0.05, 0.1) is 11.9 Å². The first-order valence-electron chi connectivity index (χ1n) is 7.78. The summed E-state index contributed by atoms with van der Waals surface area (Å²) in [4.78, 5) is 20.3. The van der Waals surface area contributed by atoms with Crippen LogP contribution in [0.25, 0.3) is 17.3 Å². The number of benzene rings is 1. The molecule has 0 aliphatic heterocycles. The van der Waals surface area contributed by atoms with Crippen LogP contribution in [0.4, 0.5) is 5.69 Å². The summed E-state index contributed by atoms with van der Waals surface area (Å²) in [6.45, 7) is 3.47. The van der Waals surface area contributed by atoms with Crippen LogP contribution < -0.4 is 5.32 Å². The number of hydrogen-bond donors (Lipinski definition) is 3. The van der Waals surface area contributed by atoms with E-state index in [-0.39, 0.29) is 36.1 Å². The summed E-state index contributed by atoms with van der Waals surface area (Å²) in [7, 11) is 0. The standard InChI is InChI=1S/C18H16N4O4/c1-11(23)13-4-2-3-5-14(13)20-16(25)8-9-17-21-18(22-26-17)15-7-6-12(24)10-19-15/h2-7,10,23-24H,1,8-9H2,(H,20,25). The van der Waals surface area contributed by atoms with Crippen molar-refractivity contribution in [2.75, 3.05) is 5.32 Å². The van der Waals surface area contributed by atoms with Gasteiger partial charge in [-0.05, 0) is 24.3 Å². The van der Waals surface area contributed by atoms with Crippen LogP contribution in [0.15, 0.2) is 53.7 Å². The van der Waals surface area contributed by atoms with Gasteiger partial charge in [-0.25, -0.2) is 4.98 Å². The molecule has 0 saturated heterocycles. The number of aromatic nitrogens is 3. The Balaban J connectivity index is 1.60. The molecule has 0 spiro atoms. The molecule has 0 bridgehead atoms. The van der Waals surface area contributed by atoms with Gasteiger partial charge in [0.2, 0.25) is 17.6 Å². The lowest BCUT2D eigenvalue weighted by molar-refractivity contribution is -0.116. The van der Waals surface area contributed by atoms with Crippen molar-refractivity contribution in [3.05, 3.63) is 60.6 Å². The van der Waals surface area contributed by atoms with Crippen LogP contribution in [0.1, 0.15) is 17.9 Å². The molecule has 26 heavy (non-hydrogen) atoms. The van der Waals surface area contributed by atoms with Gasteiger partial charge in [0.1, 0.15) is 17.2 Å². The SMILES string of the molecule is C=C(O)c1ccccc1NC(=O)CCc1nc(-c2ccc(O)cn2)no1. The van der Waals surface area contributed by atoms with Gasteiger partial charge in [0.25, 0.3) is 0 Å². The molecule has 3 rings (SSSR count). The molecular weight excluding hydrogens is 336 g/mol.